The molecule has 8 N–H and O–H groups in total. The van der Waals surface area contributed by atoms with Crippen LogP contribution in [0.5, 0.6) is 0 Å². The second kappa shape index (κ2) is 14.7. The second-order valence-corrected chi connectivity index (χ2v) is 10.6. The van der Waals surface area contributed by atoms with Crippen LogP contribution in [0, 0.1) is 0 Å². The van der Waals surface area contributed by atoms with Crippen molar-refractivity contribution in [2.75, 3.05) is 13.2 Å². The number of hydrogen-bond donors (Lipinski definition) is 8. The molecule has 2 fully saturated rings. The SMILES string of the molecule is O=c1ccn(C2OC(COP(=O)([O-])OP(=O)(O)OC3OC(CO)C(O)C(O)C3O)C(O)C2O)c(=O)[nH]1.[Na+].[NaH]. The number of aromatic amines is 1. The van der Waals surface area contributed by atoms with Crippen molar-refractivity contribution in [1.82, 2.24) is 9.55 Å². The van der Waals surface area contributed by atoms with E-state index in [0.29, 0.717) is 4.57 Å². The zero-order valence-corrected chi connectivity index (χ0v) is 22.6. The molecular formula is C15H24N2Na2O17P2. The van der Waals surface area contributed by atoms with Gasteiger partial charge < -0.3 is 54.4 Å². The van der Waals surface area contributed by atoms with Crippen molar-refractivity contribution >= 4 is 45.2 Å². The van der Waals surface area contributed by atoms with Crippen LogP contribution < -0.4 is 45.7 Å². The normalized spacial score (nSPS) is 36.4. The predicted molar refractivity (Wildman–Crippen MR) is 114 cm³/mol. The molecule has 0 spiro atoms. The molecular weight excluding hydrogens is 588 g/mol. The minimum atomic E-state index is -5.73. The number of aromatic nitrogens is 2. The van der Waals surface area contributed by atoms with Crippen molar-refractivity contribution in [2.24, 2.45) is 0 Å². The number of nitrogens with one attached hydrogen (secondary N) is 1. The number of aliphatic hydroxyl groups is 6. The fourth-order valence-electron chi connectivity index (χ4n) is 3.34. The van der Waals surface area contributed by atoms with Crippen LogP contribution in [0.2, 0.25) is 0 Å². The van der Waals surface area contributed by atoms with E-state index in [4.69, 9.17) is 14.6 Å². The Morgan fingerprint density at radius 2 is 1.61 bits per heavy atom. The molecule has 23 heteroatoms. The number of phosphoric ester groups is 2. The van der Waals surface area contributed by atoms with Crippen LogP contribution in [0.25, 0.3) is 0 Å². The molecule has 0 aromatic carbocycles. The van der Waals surface area contributed by atoms with Crippen molar-refractivity contribution in [2.45, 2.75) is 55.2 Å². The van der Waals surface area contributed by atoms with E-state index in [1.807, 2.05) is 4.98 Å². The first kappa shape index (κ1) is 36.6. The van der Waals surface area contributed by atoms with Gasteiger partial charge in [-0.2, -0.15) is 0 Å². The van der Waals surface area contributed by atoms with Gasteiger partial charge in [-0.15, -0.1) is 0 Å². The van der Waals surface area contributed by atoms with Crippen molar-refractivity contribution in [3.63, 3.8) is 0 Å². The summed E-state index contributed by atoms with van der Waals surface area (Å²) in [7, 11) is -11.4. The van der Waals surface area contributed by atoms with Crippen molar-refractivity contribution in [3.8, 4) is 0 Å². The molecule has 2 saturated heterocycles. The molecule has 0 bridgehead atoms. The third kappa shape index (κ3) is 8.81. The molecule has 208 valence electrons. The zero-order valence-electron chi connectivity index (χ0n) is 18.8. The second-order valence-electron chi connectivity index (χ2n) is 7.66. The summed E-state index contributed by atoms with van der Waals surface area (Å²) in [5.41, 5.74) is -1.77. The van der Waals surface area contributed by atoms with Crippen LogP contribution in [0.15, 0.2) is 21.9 Å². The van der Waals surface area contributed by atoms with Gasteiger partial charge in [-0.3, -0.25) is 23.4 Å². The molecule has 3 rings (SSSR count). The molecule has 0 radical (unpaired) electrons. The standard InChI is InChI=1S/C15H24N2O17P2.2Na.H/c18-3-5-8(20)10(22)12(24)14(32-5)33-36(28,29)34-35(26,27)30-4-6-9(21)11(23)13(31-6)17-2-1-7(19)16-15(17)25;;;/h1-2,5-6,8-14,18,20-24H,3-4H2,(H,26,27)(H,28,29)(H,16,19,25);;;/q;;+1;/p-1. The van der Waals surface area contributed by atoms with Gasteiger partial charge in [0.15, 0.2) is 12.5 Å². The summed E-state index contributed by atoms with van der Waals surface area (Å²) < 4.78 is 47.6. The van der Waals surface area contributed by atoms with Gasteiger partial charge in [0, 0.05) is 12.3 Å². The van der Waals surface area contributed by atoms with Crippen LogP contribution >= 0.6 is 15.6 Å². The quantitative estimate of drug-likeness (QED) is 0.0948. The summed E-state index contributed by atoms with van der Waals surface area (Å²) in [6, 6.07) is 0.918. The van der Waals surface area contributed by atoms with E-state index in [2.05, 4.69) is 13.4 Å². The van der Waals surface area contributed by atoms with Crippen LogP contribution in [-0.4, -0.2) is 137 Å². The van der Waals surface area contributed by atoms with Crippen molar-refractivity contribution in [1.29, 1.82) is 0 Å². The van der Waals surface area contributed by atoms with Gasteiger partial charge in [0.1, 0.15) is 42.7 Å². The Labute approximate surface area is 256 Å². The van der Waals surface area contributed by atoms with Crippen LogP contribution in [0.1, 0.15) is 6.23 Å². The number of H-pyrrole nitrogens is 1. The van der Waals surface area contributed by atoms with Gasteiger partial charge in [0.2, 0.25) is 0 Å². The predicted octanol–water partition coefficient (Wildman–Crippen LogP) is -9.07. The molecule has 0 aliphatic carbocycles. The third-order valence-corrected chi connectivity index (χ3v) is 7.71. The maximum absolute atomic E-state index is 12.1. The summed E-state index contributed by atoms with van der Waals surface area (Å²) >= 11 is 0. The Morgan fingerprint density at radius 3 is 2.18 bits per heavy atom. The summed E-state index contributed by atoms with van der Waals surface area (Å²) in [5, 5.41) is 58.5. The van der Waals surface area contributed by atoms with Crippen molar-refractivity contribution < 1.29 is 102 Å². The van der Waals surface area contributed by atoms with E-state index in [9.17, 15) is 54.0 Å². The number of phosphoric acid groups is 2. The molecule has 19 nitrogen and oxygen atoms in total. The average Bonchev–Trinajstić information content (AvgIpc) is 3.06. The number of hydrogen-bond acceptors (Lipinski definition) is 16. The topological polar surface area (TPSA) is 300 Å². The van der Waals surface area contributed by atoms with Crippen molar-refractivity contribution in [3.05, 3.63) is 33.1 Å². The number of ether oxygens (including phenoxy) is 2. The summed E-state index contributed by atoms with van der Waals surface area (Å²) in [4.78, 5) is 46.7. The molecule has 38 heavy (non-hydrogen) atoms. The molecule has 0 saturated carbocycles. The molecule has 0 amide bonds. The van der Waals surface area contributed by atoms with E-state index < -0.39 is 95.4 Å². The van der Waals surface area contributed by atoms with Gasteiger partial charge in [0.25, 0.3) is 13.4 Å². The van der Waals surface area contributed by atoms with Gasteiger partial charge in [0.05, 0.1) is 13.2 Å². The zero-order chi connectivity index (χ0) is 27.0. The fourth-order valence-corrected chi connectivity index (χ4v) is 5.46. The van der Waals surface area contributed by atoms with E-state index in [0.717, 1.165) is 12.3 Å². The Balaban J connectivity index is 0.00000361. The molecule has 1 aromatic heterocycles. The Morgan fingerprint density at radius 1 is 1.00 bits per heavy atom. The average molecular weight is 612 g/mol. The molecule has 2 aliphatic rings. The van der Waals surface area contributed by atoms with E-state index in [-0.39, 0.29) is 59.1 Å². The monoisotopic (exact) mass is 612 g/mol. The third-order valence-electron chi connectivity index (χ3n) is 5.15. The number of rotatable bonds is 9. The van der Waals surface area contributed by atoms with Crippen LogP contribution in [-0.2, 0) is 32.0 Å². The van der Waals surface area contributed by atoms with Gasteiger partial charge in [-0.05, 0) is 0 Å². The Kier molecular flexibility index (Phi) is 14.2. The summed E-state index contributed by atoms with van der Waals surface area (Å²) in [5.74, 6) is 0. The first-order valence-corrected chi connectivity index (χ1v) is 12.9. The van der Waals surface area contributed by atoms with Crippen LogP contribution in [0.3, 0.4) is 0 Å². The first-order chi connectivity index (χ1) is 16.7. The molecule has 3 heterocycles. The minimum absolute atomic E-state index is 0. The molecule has 11 unspecified atom stereocenters. The molecule has 2 aliphatic heterocycles. The van der Waals surface area contributed by atoms with Crippen LogP contribution in [0.4, 0.5) is 0 Å². The van der Waals surface area contributed by atoms with Gasteiger partial charge in [-0.25, -0.2) is 13.7 Å². The fraction of sp³-hybridized carbons (Fsp3) is 0.733. The first-order valence-electron chi connectivity index (χ1n) is 9.97. The summed E-state index contributed by atoms with van der Waals surface area (Å²) in [6.07, 6.45) is -15.6. The maximum atomic E-state index is 12.1. The van der Waals surface area contributed by atoms with Gasteiger partial charge >= 0.3 is 72.6 Å². The Hall–Kier alpha value is 0.620. The molecule has 1 aromatic rings. The summed E-state index contributed by atoms with van der Waals surface area (Å²) in [6.45, 7) is -2.00. The van der Waals surface area contributed by atoms with E-state index in [1.165, 1.54) is 0 Å². The number of nitrogens with zero attached hydrogens (tertiary/aromatic N) is 1. The number of aliphatic hydroxyl groups excluding tert-OH is 6. The van der Waals surface area contributed by atoms with Gasteiger partial charge in [-0.1, -0.05) is 0 Å². The molecule has 11 atom stereocenters. The van der Waals surface area contributed by atoms with E-state index >= 15 is 0 Å². The Bertz CT molecular complexity index is 1140. The van der Waals surface area contributed by atoms with E-state index in [1.54, 1.807) is 0 Å².